The van der Waals surface area contributed by atoms with Crippen LogP contribution in [-0.2, 0) is 6.42 Å². The molecule has 0 aliphatic heterocycles. The fraction of sp³-hybridized carbons (Fsp3) is 0.667. The first-order valence-electron chi connectivity index (χ1n) is 7.02. The van der Waals surface area contributed by atoms with Crippen molar-refractivity contribution < 1.29 is 0 Å². The average molecular weight is 232 g/mol. The quantitative estimate of drug-likeness (QED) is 0.815. The van der Waals surface area contributed by atoms with E-state index in [2.05, 4.69) is 23.3 Å². The molecule has 1 heterocycles. The minimum atomic E-state index is 0.654. The van der Waals surface area contributed by atoms with Crippen LogP contribution in [0.25, 0.3) is 0 Å². The van der Waals surface area contributed by atoms with Crippen LogP contribution in [0.4, 0.5) is 0 Å². The van der Waals surface area contributed by atoms with Gasteiger partial charge in [-0.15, -0.1) is 0 Å². The lowest BCUT2D eigenvalue weighted by Gasteiger charge is -2.24. The van der Waals surface area contributed by atoms with E-state index in [1.165, 1.54) is 37.7 Å². The highest BCUT2D eigenvalue weighted by atomic mass is 14.9. The maximum absolute atomic E-state index is 4.22. The molecule has 2 nitrogen and oxygen atoms in total. The summed E-state index contributed by atoms with van der Waals surface area (Å²) in [6.07, 6.45) is 11.9. The smallest absolute Gasteiger partial charge is 0.0300 e. The molecule has 1 atom stereocenters. The van der Waals surface area contributed by atoms with Gasteiger partial charge in [-0.1, -0.05) is 25.8 Å². The molecule has 0 spiro atoms. The van der Waals surface area contributed by atoms with Crippen molar-refractivity contribution in [1.29, 1.82) is 0 Å². The van der Waals surface area contributed by atoms with Crippen LogP contribution in [0.2, 0.25) is 0 Å². The molecule has 0 saturated heterocycles. The summed E-state index contributed by atoms with van der Waals surface area (Å²) < 4.78 is 0. The molecule has 1 unspecified atom stereocenters. The zero-order valence-electron chi connectivity index (χ0n) is 10.9. The Balaban J connectivity index is 1.94. The first kappa shape index (κ1) is 12.6. The maximum Gasteiger partial charge on any atom is 0.0300 e. The van der Waals surface area contributed by atoms with E-state index in [-0.39, 0.29) is 0 Å². The van der Waals surface area contributed by atoms with Crippen LogP contribution in [0.5, 0.6) is 0 Å². The van der Waals surface area contributed by atoms with Crippen LogP contribution in [0.3, 0.4) is 0 Å². The highest BCUT2D eigenvalue weighted by molar-refractivity contribution is 5.10. The SMILES string of the molecule is CCCNC(Cc1cccnc1)C1CCCC1. The van der Waals surface area contributed by atoms with E-state index in [0.717, 1.165) is 18.9 Å². The molecule has 0 amide bonds. The molecule has 17 heavy (non-hydrogen) atoms. The van der Waals surface area contributed by atoms with E-state index in [1.54, 1.807) is 0 Å². The molecule has 1 N–H and O–H groups in total. The van der Waals surface area contributed by atoms with Crippen LogP contribution >= 0.6 is 0 Å². The van der Waals surface area contributed by atoms with Gasteiger partial charge >= 0.3 is 0 Å². The summed E-state index contributed by atoms with van der Waals surface area (Å²) >= 11 is 0. The van der Waals surface area contributed by atoms with Gasteiger partial charge in [-0.05, 0) is 49.8 Å². The van der Waals surface area contributed by atoms with Crippen molar-refractivity contribution in [2.75, 3.05) is 6.54 Å². The molecule has 0 aromatic carbocycles. The summed E-state index contributed by atoms with van der Waals surface area (Å²) in [5.74, 6) is 0.877. The van der Waals surface area contributed by atoms with Gasteiger partial charge in [0.2, 0.25) is 0 Å². The van der Waals surface area contributed by atoms with Crippen molar-refractivity contribution in [2.24, 2.45) is 5.92 Å². The Kier molecular flexibility index (Phi) is 4.99. The summed E-state index contributed by atoms with van der Waals surface area (Å²) in [7, 11) is 0. The van der Waals surface area contributed by atoms with Crippen molar-refractivity contribution in [3.05, 3.63) is 30.1 Å². The number of hydrogen-bond donors (Lipinski definition) is 1. The third-order valence-electron chi connectivity index (χ3n) is 3.80. The Bertz CT molecular complexity index is 304. The second-order valence-corrected chi connectivity index (χ2v) is 5.17. The van der Waals surface area contributed by atoms with Gasteiger partial charge in [0.05, 0.1) is 0 Å². The van der Waals surface area contributed by atoms with Crippen molar-refractivity contribution in [2.45, 2.75) is 51.5 Å². The Hall–Kier alpha value is -0.890. The van der Waals surface area contributed by atoms with E-state index >= 15 is 0 Å². The number of nitrogens with zero attached hydrogens (tertiary/aromatic N) is 1. The Morgan fingerprint density at radius 3 is 2.88 bits per heavy atom. The molecule has 1 aliphatic rings. The summed E-state index contributed by atoms with van der Waals surface area (Å²) in [4.78, 5) is 4.22. The number of hydrogen-bond acceptors (Lipinski definition) is 2. The third-order valence-corrected chi connectivity index (χ3v) is 3.80. The molecule has 94 valence electrons. The van der Waals surface area contributed by atoms with Crippen LogP contribution in [0, 0.1) is 5.92 Å². The van der Waals surface area contributed by atoms with Crippen molar-refractivity contribution >= 4 is 0 Å². The summed E-state index contributed by atoms with van der Waals surface area (Å²) in [6, 6.07) is 4.89. The zero-order chi connectivity index (χ0) is 11.9. The van der Waals surface area contributed by atoms with Gasteiger partial charge in [0, 0.05) is 18.4 Å². The predicted octanol–water partition coefficient (Wildman–Crippen LogP) is 3.18. The minimum absolute atomic E-state index is 0.654. The molecule has 2 heteroatoms. The molecular weight excluding hydrogens is 208 g/mol. The van der Waals surface area contributed by atoms with Gasteiger partial charge in [-0.25, -0.2) is 0 Å². The van der Waals surface area contributed by atoms with Crippen molar-refractivity contribution in [3.63, 3.8) is 0 Å². The normalized spacial score (nSPS) is 18.4. The molecule has 1 saturated carbocycles. The van der Waals surface area contributed by atoms with Gasteiger partial charge in [0.25, 0.3) is 0 Å². The van der Waals surface area contributed by atoms with E-state index in [9.17, 15) is 0 Å². The Morgan fingerprint density at radius 2 is 2.24 bits per heavy atom. The van der Waals surface area contributed by atoms with Crippen LogP contribution < -0.4 is 5.32 Å². The topological polar surface area (TPSA) is 24.9 Å². The first-order valence-corrected chi connectivity index (χ1v) is 7.02. The van der Waals surface area contributed by atoms with Gasteiger partial charge in [-0.3, -0.25) is 4.98 Å². The molecule has 1 aliphatic carbocycles. The molecule has 1 aromatic rings. The van der Waals surface area contributed by atoms with Crippen LogP contribution in [0.15, 0.2) is 24.5 Å². The number of pyridine rings is 1. The summed E-state index contributed by atoms with van der Waals surface area (Å²) in [5.41, 5.74) is 1.37. The molecular formula is C15H24N2. The zero-order valence-corrected chi connectivity index (χ0v) is 10.9. The van der Waals surface area contributed by atoms with E-state index in [1.807, 2.05) is 18.5 Å². The largest absolute Gasteiger partial charge is 0.313 e. The minimum Gasteiger partial charge on any atom is -0.313 e. The monoisotopic (exact) mass is 232 g/mol. The number of rotatable bonds is 6. The molecule has 0 bridgehead atoms. The van der Waals surface area contributed by atoms with E-state index in [4.69, 9.17) is 0 Å². The van der Waals surface area contributed by atoms with Crippen molar-refractivity contribution in [3.8, 4) is 0 Å². The first-order chi connectivity index (χ1) is 8.40. The van der Waals surface area contributed by atoms with Crippen molar-refractivity contribution in [1.82, 2.24) is 10.3 Å². The maximum atomic E-state index is 4.22. The van der Waals surface area contributed by atoms with E-state index < -0.39 is 0 Å². The van der Waals surface area contributed by atoms with Crippen LogP contribution in [-0.4, -0.2) is 17.6 Å². The standard InChI is InChI=1S/C15H24N2/c1-2-9-17-15(14-7-3-4-8-14)11-13-6-5-10-16-12-13/h5-6,10,12,14-15,17H,2-4,7-9,11H2,1H3. The third kappa shape index (κ3) is 3.81. The summed E-state index contributed by atoms with van der Waals surface area (Å²) in [6.45, 7) is 3.38. The van der Waals surface area contributed by atoms with Crippen LogP contribution in [0.1, 0.15) is 44.6 Å². The highest BCUT2D eigenvalue weighted by Crippen LogP contribution is 2.29. The Labute approximate surface area is 105 Å². The Morgan fingerprint density at radius 1 is 1.41 bits per heavy atom. The molecule has 0 radical (unpaired) electrons. The fourth-order valence-corrected chi connectivity index (χ4v) is 2.87. The molecule has 1 aromatic heterocycles. The lowest BCUT2D eigenvalue weighted by atomic mass is 9.92. The molecule has 2 rings (SSSR count). The summed E-state index contributed by atoms with van der Waals surface area (Å²) in [5, 5.41) is 3.73. The fourth-order valence-electron chi connectivity index (χ4n) is 2.87. The second kappa shape index (κ2) is 6.75. The van der Waals surface area contributed by atoms with Gasteiger partial charge in [0.1, 0.15) is 0 Å². The van der Waals surface area contributed by atoms with Gasteiger partial charge in [0.15, 0.2) is 0 Å². The van der Waals surface area contributed by atoms with Gasteiger partial charge in [-0.2, -0.15) is 0 Å². The molecule has 1 fully saturated rings. The average Bonchev–Trinajstić information content (AvgIpc) is 2.89. The number of aromatic nitrogens is 1. The van der Waals surface area contributed by atoms with Gasteiger partial charge < -0.3 is 5.32 Å². The lowest BCUT2D eigenvalue weighted by molar-refractivity contribution is 0.356. The number of nitrogens with one attached hydrogen (secondary N) is 1. The van der Waals surface area contributed by atoms with E-state index in [0.29, 0.717) is 6.04 Å². The highest BCUT2D eigenvalue weighted by Gasteiger charge is 2.24. The lowest BCUT2D eigenvalue weighted by Crippen LogP contribution is -2.37. The second-order valence-electron chi connectivity index (χ2n) is 5.17. The predicted molar refractivity (Wildman–Crippen MR) is 72.0 cm³/mol.